The van der Waals surface area contributed by atoms with Crippen LogP contribution in [0.15, 0.2) is 29.3 Å². The topological polar surface area (TPSA) is 34.1 Å². The number of rotatable bonds is 6. The lowest BCUT2D eigenvalue weighted by Crippen LogP contribution is -2.40. The van der Waals surface area contributed by atoms with E-state index in [9.17, 15) is 0 Å². The molecule has 0 aliphatic carbocycles. The molecule has 1 heterocycles. The van der Waals surface area contributed by atoms with Crippen LogP contribution in [0.5, 0.6) is 0 Å². The number of hydrogen-bond donors (Lipinski definition) is 1. The first-order valence-corrected chi connectivity index (χ1v) is 9.47. The van der Waals surface area contributed by atoms with E-state index in [1.165, 1.54) is 50.3 Å². The van der Waals surface area contributed by atoms with Gasteiger partial charge in [0.15, 0.2) is 5.96 Å². The lowest BCUT2D eigenvalue weighted by atomic mass is 10.1. The zero-order chi connectivity index (χ0) is 18.1. The summed E-state index contributed by atoms with van der Waals surface area (Å²) < 4.78 is 0. The van der Waals surface area contributed by atoms with Crippen molar-refractivity contribution in [2.45, 2.75) is 26.3 Å². The molecule has 1 saturated heterocycles. The molecular formula is C20H35N5. The van der Waals surface area contributed by atoms with Gasteiger partial charge in [0, 0.05) is 40.3 Å². The first-order chi connectivity index (χ1) is 12.1. The molecule has 25 heavy (non-hydrogen) atoms. The predicted octanol–water partition coefficient (Wildman–Crippen LogP) is 2.03. The predicted molar refractivity (Wildman–Crippen MR) is 107 cm³/mol. The molecule has 0 saturated carbocycles. The number of hydrogen-bond acceptors (Lipinski definition) is 3. The SMILES string of the molecule is CN=C(NCCCN1CCCN(C)CC1)N(C)Cc1ccccc1C. The molecule has 0 aromatic heterocycles. The number of benzene rings is 1. The van der Waals surface area contributed by atoms with Gasteiger partial charge in [-0.3, -0.25) is 4.99 Å². The molecule has 1 N–H and O–H groups in total. The van der Waals surface area contributed by atoms with Crippen molar-refractivity contribution in [1.29, 1.82) is 0 Å². The molecule has 0 spiro atoms. The fraction of sp³-hybridized carbons (Fsp3) is 0.650. The second-order valence-electron chi connectivity index (χ2n) is 7.11. The maximum absolute atomic E-state index is 4.43. The molecule has 0 amide bonds. The molecule has 0 unspecified atom stereocenters. The third-order valence-corrected chi connectivity index (χ3v) is 4.99. The zero-order valence-electron chi connectivity index (χ0n) is 16.5. The van der Waals surface area contributed by atoms with Crippen molar-refractivity contribution < 1.29 is 0 Å². The Hall–Kier alpha value is -1.59. The fourth-order valence-corrected chi connectivity index (χ4v) is 3.33. The standard InChI is InChI=1S/C20H35N5/c1-18-9-5-6-10-19(18)17-24(4)20(21-2)22-11-7-13-25-14-8-12-23(3)15-16-25/h5-6,9-10H,7-8,11-17H2,1-4H3,(H,21,22). The number of likely N-dealkylation sites (N-methyl/N-ethyl adjacent to an activating group) is 1. The van der Waals surface area contributed by atoms with Gasteiger partial charge < -0.3 is 20.0 Å². The Balaban J connectivity index is 1.72. The summed E-state index contributed by atoms with van der Waals surface area (Å²) >= 11 is 0. The Morgan fingerprint density at radius 2 is 2.00 bits per heavy atom. The van der Waals surface area contributed by atoms with E-state index >= 15 is 0 Å². The van der Waals surface area contributed by atoms with Crippen LogP contribution in [0, 0.1) is 6.92 Å². The first kappa shape index (κ1) is 19.7. The van der Waals surface area contributed by atoms with Crippen molar-refractivity contribution in [1.82, 2.24) is 20.0 Å². The van der Waals surface area contributed by atoms with Crippen LogP contribution < -0.4 is 5.32 Å². The van der Waals surface area contributed by atoms with Crippen molar-refractivity contribution in [3.8, 4) is 0 Å². The summed E-state index contributed by atoms with van der Waals surface area (Å²) in [7, 11) is 6.19. The number of aliphatic imine (C=N–C) groups is 1. The number of nitrogens with one attached hydrogen (secondary N) is 1. The van der Waals surface area contributed by atoms with Crippen molar-refractivity contribution in [3.05, 3.63) is 35.4 Å². The molecule has 2 rings (SSSR count). The van der Waals surface area contributed by atoms with E-state index in [4.69, 9.17) is 0 Å². The normalized spacial score (nSPS) is 17.4. The minimum Gasteiger partial charge on any atom is -0.356 e. The van der Waals surface area contributed by atoms with Crippen LogP contribution in [0.1, 0.15) is 24.0 Å². The minimum absolute atomic E-state index is 0.880. The summed E-state index contributed by atoms with van der Waals surface area (Å²) in [5.41, 5.74) is 2.68. The molecule has 1 aliphatic heterocycles. The highest BCUT2D eigenvalue weighted by molar-refractivity contribution is 5.79. The lowest BCUT2D eigenvalue weighted by molar-refractivity contribution is 0.273. The van der Waals surface area contributed by atoms with E-state index in [0.717, 1.165) is 25.5 Å². The Bertz CT molecular complexity index is 543. The van der Waals surface area contributed by atoms with Gasteiger partial charge in [-0.05, 0) is 57.6 Å². The lowest BCUT2D eigenvalue weighted by Gasteiger charge is -2.24. The van der Waals surface area contributed by atoms with Crippen LogP contribution >= 0.6 is 0 Å². The third-order valence-electron chi connectivity index (χ3n) is 4.99. The molecule has 0 bridgehead atoms. The van der Waals surface area contributed by atoms with E-state index in [0.29, 0.717) is 0 Å². The summed E-state index contributed by atoms with van der Waals surface area (Å²) in [5, 5.41) is 3.51. The van der Waals surface area contributed by atoms with Gasteiger partial charge in [-0.15, -0.1) is 0 Å². The van der Waals surface area contributed by atoms with E-state index < -0.39 is 0 Å². The summed E-state index contributed by atoms with van der Waals surface area (Å²) in [6.45, 7) is 10.0. The average molecular weight is 346 g/mol. The van der Waals surface area contributed by atoms with Crippen LogP contribution in [0.4, 0.5) is 0 Å². The third kappa shape index (κ3) is 6.67. The molecule has 1 aromatic rings. The molecule has 140 valence electrons. The van der Waals surface area contributed by atoms with E-state index in [1.54, 1.807) is 0 Å². The highest BCUT2D eigenvalue weighted by Crippen LogP contribution is 2.09. The van der Waals surface area contributed by atoms with Gasteiger partial charge in [0.25, 0.3) is 0 Å². The van der Waals surface area contributed by atoms with Gasteiger partial charge in [-0.1, -0.05) is 24.3 Å². The Kier molecular flexibility index (Phi) is 8.22. The van der Waals surface area contributed by atoms with Gasteiger partial charge in [-0.25, -0.2) is 0 Å². The highest BCUT2D eigenvalue weighted by atomic mass is 15.3. The molecular weight excluding hydrogens is 310 g/mol. The molecule has 5 heteroatoms. The van der Waals surface area contributed by atoms with Crippen LogP contribution in [0.2, 0.25) is 0 Å². The summed E-state index contributed by atoms with van der Waals surface area (Å²) in [4.78, 5) is 11.7. The zero-order valence-corrected chi connectivity index (χ0v) is 16.5. The molecule has 1 fully saturated rings. The Morgan fingerprint density at radius 1 is 1.20 bits per heavy atom. The van der Waals surface area contributed by atoms with E-state index in [1.807, 2.05) is 7.05 Å². The second kappa shape index (κ2) is 10.4. The Morgan fingerprint density at radius 3 is 2.76 bits per heavy atom. The van der Waals surface area contributed by atoms with Crippen molar-refractivity contribution in [2.24, 2.45) is 4.99 Å². The van der Waals surface area contributed by atoms with Gasteiger partial charge in [-0.2, -0.15) is 0 Å². The van der Waals surface area contributed by atoms with E-state index in [-0.39, 0.29) is 0 Å². The maximum atomic E-state index is 4.43. The van der Waals surface area contributed by atoms with Gasteiger partial charge in [0.2, 0.25) is 0 Å². The number of nitrogens with zero attached hydrogens (tertiary/aromatic N) is 4. The molecule has 5 nitrogen and oxygen atoms in total. The number of guanidine groups is 1. The quantitative estimate of drug-likeness (QED) is 0.486. The molecule has 0 atom stereocenters. The second-order valence-corrected chi connectivity index (χ2v) is 7.11. The maximum Gasteiger partial charge on any atom is 0.193 e. The van der Waals surface area contributed by atoms with Gasteiger partial charge in [0.1, 0.15) is 0 Å². The van der Waals surface area contributed by atoms with Gasteiger partial charge in [0.05, 0.1) is 0 Å². The molecule has 1 aliphatic rings. The van der Waals surface area contributed by atoms with Crippen molar-refractivity contribution in [3.63, 3.8) is 0 Å². The number of aryl methyl sites for hydroxylation is 1. The smallest absolute Gasteiger partial charge is 0.193 e. The summed E-state index contributed by atoms with van der Waals surface area (Å²) in [5.74, 6) is 0.971. The minimum atomic E-state index is 0.880. The largest absolute Gasteiger partial charge is 0.356 e. The van der Waals surface area contributed by atoms with Crippen LogP contribution in [-0.4, -0.2) is 81.1 Å². The van der Waals surface area contributed by atoms with Gasteiger partial charge >= 0.3 is 0 Å². The fourth-order valence-electron chi connectivity index (χ4n) is 3.33. The van der Waals surface area contributed by atoms with Crippen LogP contribution in [0.25, 0.3) is 0 Å². The molecule has 1 aromatic carbocycles. The highest BCUT2D eigenvalue weighted by Gasteiger charge is 2.12. The first-order valence-electron chi connectivity index (χ1n) is 9.47. The van der Waals surface area contributed by atoms with Crippen molar-refractivity contribution >= 4 is 5.96 Å². The van der Waals surface area contributed by atoms with Crippen LogP contribution in [-0.2, 0) is 6.54 Å². The van der Waals surface area contributed by atoms with Crippen molar-refractivity contribution in [2.75, 3.05) is 60.4 Å². The monoisotopic (exact) mass is 345 g/mol. The molecule has 0 radical (unpaired) electrons. The average Bonchev–Trinajstić information content (AvgIpc) is 2.81. The summed E-state index contributed by atoms with van der Waals surface area (Å²) in [6.07, 6.45) is 2.44. The van der Waals surface area contributed by atoms with E-state index in [2.05, 4.69) is 70.3 Å². The Labute approximate surface area is 153 Å². The summed E-state index contributed by atoms with van der Waals surface area (Å²) in [6, 6.07) is 8.55. The van der Waals surface area contributed by atoms with Crippen LogP contribution in [0.3, 0.4) is 0 Å².